The number of rotatable bonds is 3. The minimum Gasteiger partial charge on any atom is -0.365 e. The average Bonchev–Trinajstić information content (AvgIpc) is 3.04. The van der Waals surface area contributed by atoms with Crippen LogP contribution in [0.25, 0.3) is 5.78 Å². The van der Waals surface area contributed by atoms with E-state index in [1.54, 1.807) is 10.7 Å². The smallest absolute Gasteiger partial charge is 0.254 e. The Morgan fingerprint density at radius 3 is 3.17 bits per heavy atom. The van der Waals surface area contributed by atoms with Gasteiger partial charge in [-0.05, 0) is 31.9 Å². The molecule has 1 fully saturated rings. The number of anilines is 2. The zero-order chi connectivity index (χ0) is 15.6. The van der Waals surface area contributed by atoms with Crippen LogP contribution in [0.2, 0.25) is 0 Å². The summed E-state index contributed by atoms with van der Waals surface area (Å²) in [6, 6.07) is 6.25. The predicted octanol–water partition coefficient (Wildman–Crippen LogP) is 1.30. The van der Waals surface area contributed by atoms with E-state index >= 15 is 0 Å². The van der Waals surface area contributed by atoms with Gasteiger partial charge in [0.15, 0.2) is 5.82 Å². The summed E-state index contributed by atoms with van der Waals surface area (Å²) in [5.74, 6) is 2.47. The Morgan fingerprint density at radius 2 is 2.30 bits per heavy atom. The number of aromatic nitrogens is 6. The molecule has 1 saturated heterocycles. The molecule has 1 aliphatic rings. The van der Waals surface area contributed by atoms with E-state index in [0.717, 1.165) is 43.3 Å². The molecule has 0 aliphatic carbocycles. The van der Waals surface area contributed by atoms with Gasteiger partial charge in [-0.1, -0.05) is 0 Å². The van der Waals surface area contributed by atoms with E-state index in [0.29, 0.717) is 11.8 Å². The van der Waals surface area contributed by atoms with E-state index in [2.05, 4.69) is 35.5 Å². The lowest BCUT2D eigenvalue weighted by Gasteiger charge is -2.34. The maximum absolute atomic E-state index is 4.37. The molecular formula is C15H18N8. The fraction of sp³-hybridized carbons (Fsp3) is 0.400. The van der Waals surface area contributed by atoms with Crippen LogP contribution in [0.3, 0.4) is 0 Å². The lowest BCUT2D eigenvalue weighted by atomic mass is 10.1. The quantitative estimate of drug-likeness (QED) is 0.780. The van der Waals surface area contributed by atoms with E-state index in [-0.39, 0.29) is 0 Å². The average molecular weight is 310 g/mol. The topological polar surface area (TPSA) is 84.1 Å². The molecule has 1 N–H and O–H groups in total. The third kappa shape index (κ3) is 2.79. The number of piperidine rings is 1. The van der Waals surface area contributed by atoms with Crippen LogP contribution in [0.4, 0.5) is 11.6 Å². The van der Waals surface area contributed by atoms with Crippen molar-refractivity contribution in [2.75, 3.05) is 23.3 Å². The van der Waals surface area contributed by atoms with Crippen molar-refractivity contribution in [2.45, 2.75) is 25.8 Å². The van der Waals surface area contributed by atoms with Gasteiger partial charge >= 0.3 is 0 Å². The van der Waals surface area contributed by atoms with E-state index < -0.39 is 0 Å². The second kappa shape index (κ2) is 5.79. The summed E-state index contributed by atoms with van der Waals surface area (Å²) >= 11 is 0. The molecule has 0 amide bonds. The van der Waals surface area contributed by atoms with Crippen LogP contribution in [-0.2, 0) is 0 Å². The van der Waals surface area contributed by atoms with Crippen LogP contribution in [0.5, 0.6) is 0 Å². The summed E-state index contributed by atoms with van der Waals surface area (Å²) < 4.78 is 1.74. The SMILES string of the molecule is Cc1cc(NC2CCCN(c3cccnn3)C2)n2ncnc2n1. The molecule has 1 unspecified atom stereocenters. The van der Waals surface area contributed by atoms with Crippen LogP contribution in [0.1, 0.15) is 18.5 Å². The zero-order valence-corrected chi connectivity index (χ0v) is 12.9. The van der Waals surface area contributed by atoms with Crippen molar-refractivity contribution < 1.29 is 0 Å². The molecule has 1 atom stereocenters. The summed E-state index contributed by atoms with van der Waals surface area (Å²) in [6.45, 7) is 3.85. The number of hydrogen-bond donors (Lipinski definition) is 1. The lowest BCUT2D eigenvalue weighted by Crippen LogP contribution is -2.43. The van der Waals surface area contributed by atoms with Gasteiger partial charge in [-0.3, -0.25) is 0 Å². The molecule has 8 heteroatoms. The Labute approximate surface area is 133 Å². The summed E-state index contributed by atoms with van der Waals surface area (Å²) in [5.41, 5.74) is 0.926. The van der Waals surface area contributed by atoms with Crippen LogP contribution in [-0.4, -0.2) is 48.9 Å². The molecule has 1 aliphatic heterocycles. The number of nitrogens with zero attached hydrogens (tertiary/aromatic N) is 7. The maximum atomic E-state index is 4.37. The molecule has 0 radical (unpaired) electrons. The van der Waals surface area contributed by atoms with Crippen molar-refractivity contribution in [1.82, 2.24) is 29.8 Å². The van der Waals surface area contributed by atoms with Gasteiger partial charge in [-0.15, -0.1) is 5.10 Å². The number of aryl methyl sites for hydroxylation is 1. The molecule has 3 aromatic rings. The van der Waals surface area contributed by atoms with Crippen molar-refractivity contribution in [3.63, 3.8) is 0 Å². The fourth-order valence-electron chi connectivity index (χ4n) is 3.01. The van der Waals surface area contributed by atoms with Gasteiger partial charge in [0.05, 0.1) is 0 Å². The van der Waals surface area contributed by atoms with Crippen LogP contribution in [0.15, 0.2) is 30.7 Å². The van der Waals surface area contributed by atoms with Gasteiger partial charge in [0.1, 0.15) is 12.1 Å². The monoisotopic (exact) mass is 310 g/mol. The van der Waals surface area contributed by atoms with Crippen LogP contribution >= 0.6 is 0 Å². The Hall–Kier alpha value is -2.77. The molecule has 23 heavy (non-hydrogen) atoms. The van der Waals surface area contributed by atoms with Gasteiger partial charge < -0.3 is 10.2 Å². The predicted molar refractivity (Wildman–Crippen MR) is 86.4 cm³/mol. The standard InChI is InChI=1S/C15H18N8/c1-11-8-14(23-15(19-11)16-10-18-23)20-12-4-3-7-22(9-12)13-5-2-6-17-21-13/h2,5-6,8,10,12,20H,3-4,7,9H2,1H3. The zero-order valence-electron chi connectivity index (χ0n) is 12.9. The van der Waals surface area contributed by atoms with Gasteiger partial charge in [0.2, 0.25) is 0 Å². The maximum Gasteiger partial charge on any atom is 0.254 e. The van der Waals surface area contributed by atoms with Crippen LogP contribution in [0, 0.1) is 6.92 Å². The Morgan fingerprint density at radius 1 is 1.35 bits per heavy atom. The van der Waals surface area contributed by atoms with Gasteiger partial charge in [0, 0.05) is 37.1 Å². The highest BCUT2D eigenvalue weighted by atomic mass is 15.4. The molecular weight excluding hydrogens is 292 g/mol. The lowest BCUT2D eigenvalue weighted by molar-refractivity contribution is 0.523. The van der Waals surface area contributed by atoms with Crippen molar-refractivity contribution in [2.24, 2.45) is 0 Å². The van der Waals surface area contributed by atoms with Crippen molar-refractivity contribution in [3.05, 3.63) is 36.4 Å². The molecule has 8 nitrogen and oxygen atoms in total. The highest BCUT2D eigenvalue weighted by molar-refractivity contribution is 5.46. The van der Waals surface area contributed by atoms with Crippen molar-refractivity contribution in [3.8, 4) is 0 Å². The number of nitrogens with one attached hydrogen (secondary N) is 1. The molecule has 118 valence electrons. The molecule has 3 aromatic heterocycles. The van der Waals surface area contributed by atoms with Gasteiger partial charge in [0.25, 0.3) is 5.78 Å². The highest BCUT2D eigenvalue weighted by Crippen LogP contribution is 2.20. The van der Waals surface area contributed by atoms with E-state index in [1.807, 2.05) is 25.1 Å². The normalized spacial score (nSPS) is 18.3. The third-order valence-electron chi connectivity index (χ3n) is 4.04. The third-order valence-corrected chi connectivity index (χ3v) is 4.04. The van der Waals surface area contributed by atoms with Crippen LogP contribution < -0.4 is 10.2 Å². The Balaban J connectivity index is 1.55. The van der Waals surface area contributed by atoms with Crippen molar-refractivity contribution >= 4 is 17.4 Å². The second-order valence-corrected chi connectivity index (χ2v) is 5.77. The molecule has 4 heterocycles. The minimum atomic E-state index is 0.319. The largest absolute Gasteiger partial charge is 0.365 e. The van der Waals surface area contributed by atoms with Crippen molar-refractivity contribution in [1.29, 1.82) is 0 Å². The first kappa shape index (κ1) is 13.9. The molecule has 0 aromatic carbocycles. The van der Waals surface area contributed by atoms with Gasteiger partial charge in [-0.25, -0.2) is 4.98 Å². The molecule has 0 spiro atoms. The number of fused-ring (bicyclic) bond motifs is 1. The fourth-order valence-corrected chi connectivity index (χ4v) is 3.01. The minimum absolute atomic E-state index is 0.319. The molecule has 0 bridgehead atoms. The first-order valence-corrected chi connectivity index (χ1v) is 7.76. The first-order valence-electron chi connectivity index (χ1n) is 7.76. The molecule has 4 rings (SSSR count). The Kier molecular flexibility index (Phi) is 3.49. The molecule has 0 saturated carbocycles. The van der Waals surface area contributed by atoms with E-state index in [9.17, 15) is 0 Å². The number of hydrogen-bond acceptors (Lipinski definition) is 7. The second-order valence-electron chi connectivity index (χ2n) is 5.77. The highest BCUT2D eigenvalue weighted by Gasteiger charge is 2.22. The summed E-state index contributed by atoms with van der Waals surface area (Å²) in [4.78, 5) is 10.8. The Bertz CT molecular complexity index is 800. The van der Waals surface area contributed by atoms with E-state index in [4.69, 9.17) is 0 Å². The van der Waals surface area contributed by atoms with Gasteiger partial charge in [-0.2, -0.15) is 19.7 Å². The first-order chi connectivity index (χ1) is 11.3. The van der Waals surface area contributed by atoms with E-state index in [1.165, 1.54) is 6.33 Å². The summed E-state index contributed by atoms with van der Waals surface area (Å²) in [6.07, 6.45) is 5.44. The summed E-state index contributed by atoms with van der Waals surface area (Å²) in [7, 11) is 0. The summed E-state index contributed by atoms with van der Waals surface area (Å²) in [5, 5.41) is 16.0.